The van der Waals surface area contributed by atoms with Gasteiger partial charge in [0.1, 0.15) is 0 Å². The van der Waals surface area contributed by atoms with Gasteiger partial charge >= 0.3 is 0 Å². The Kier molecular flexibility index (Phi) is 6.50. The maximum atomic E-state index is 13.3. The summed E-state index contributed by atoms with van der Waals surface area (Å²) in [5, 5.41) is 0.873. The Morgan fingerprint density at radius 2 is 1.50 bits per heavy atom. The monoisotopic (exact) mass is 455 g/mol. The highest BCUT2D eigenvalue weighted by Crippen LogP contribution is 2.38. The Morgan fingerprint density at radius 1 is 0.853 bits per heavy atom. The summed E-state index contributed by atoms with van der Waals surface area (Å²) in [6, 6.07) is 18.3. The van der Waals surface area contributed by atoms with Crippen molar-refractivity contribution in [1.29, 1.82) is 0 Å². The molecule has 0 N–H and O–H groups in total. The number of fused-ring (bicyclic) bond motifs is 1. The molecule has 0 spiro atoms. The number of methoxy groups -OCH3 is 3. The molecule has 0 unspecified atom stereocenters. The Hall–Kier alpha value is -4.32. The number of carbonyl (C=O) groups excluding carboxylic acids is 2. The Morgan fingerprint density at radius 3 is 2.15 bits per heavy atom. The summed E-state index contributed by atoms with van der Waals surface area (Å²) in [6.45, 7) is 1.91. The van der Waals surface area contributed by atoms with Gasteiger partial charge < -0.3 is 14.2 Å². The number of aryl methyl sites for hydroxylation is 1. The Bertz CT molecular complexity index is 1390. The lowest BCUT2D eigenvalue weighted by atomic mass is 10.1. The summed E-state index contributed by atoms with van der Waals surface area (Å²) >= 11 is 0. The van der Waals surface area contributed by atoms with E-state index < -0.39 is 0 Å². The molecule has 3 aromatic carbocycles. The fourth-order valence-electron chi connectivity index (χ4n) is 3.93. The van der Waals surface area contributed by atoms with Crippen LogP contribution in [0.5, 0.6) is 17.2 Å². The van der Waals surface area contributed by atoms with Crippen molar-refractivity contribution in [2.24, 2.45) is 0 Å². The van der Waals surface area contributed by atoms with E-state index in [1.54, 1.807) is 29.0 Å². The number of ether oxygens (including phenoxy) is 3. The molecule has 4 aromatic rings. The molecule has 6 heteroatoms. The van der Waals surface area contributed by atoms with E-state index in [-0.39, 0.29) is 11.7 Å². The highest BCUT2D eigenvalue weighted by Gasteiger charge is 2.17. The lowest BCUT2D eigenvalue weighted by molar-refractivity contribution is 0.0963. The van der Waals surface area contributed by atoms with Gasteiger partial charge in [0.2, 0.25) is 5.75 Å². The highest BCUT2D eigenvalue weighted by atomic mass is 16.5. The number of nitrogens with zero attached hydrogens (tertiary/aromatic N) is 1. The van der Waals surface area contributed by atoms with Crippen LogP contribution in [0.2, 0.25) is 0 Å². The number of hydrogen-bond donors (Lipinski definition) is 0. The topological polar surface area (TPSA) is 66.8 Å². The molecule has 0 fully saturated rings. The molecule has 0 aliphatic carbocycles. The van der Waals surface area contributed by atoms with E-state index in [9.17, 15) is 9.59 Å². The number of benzene rings is 3. The number of aromatic nitrogens is 1. The van der Waals surface area contributed by atoms with Crippen molar-refractivity contribution >= 4 is 28.7 Å². The molecule has 0 saturated carbocycles. The predicted molar refractivity (Wildman–Crippen MR) is 132 cm³/mol. The molecule has 4 rings (SSSR count). The molecule has 0 atom stereocenters. The zero-order valence-corrected chi connectivity index (χ0v) is 19.5. The van der Waals surface area contributed by atoms with Crippen LogP contribution in [-0.2, 0) is 0 Å². The molecule has 34 heavy (non-hydrogen) atoms. The summed E-state index contributed by atoms with van der Waals surface area (Å²) in [5.41, 5.74) is 3.46. The molecular weight excluding hydrogens is 430 g/mol. The number of rotatable bonds is 7. The molecule has 1 heterocycles. The van der Waals surface area contributed by atoms with Crippen molar-refractivity contribution in [3.8, 4) is 17.2 Å². The first-order valence-corrected chi connectivity index (χ1v) is 10.7. The number of carbonyl (C=O) groups is 2. The SMILES string of the molecule is COc1cc(C(=O)/C=C/c2cn(C(=O)c3ccccc3C)c3ccccc23)cc(OC)c1OC. The molecule has 6 nitrogen and oxygen atoms in total. The van der Waals surface area contributed by atoms with Gasteiger partial charge in [-0.25, -0.2) is 0 Å². The predicted octanol–water partition coefficient (Wildman–Crippen LogP) is 5.56. The van der Waals surface area contributed by atoms with Crippen LogP contribution >= 0.6 is 0 Å². The quantitative estimate of drug-likeness (QED) is 0.270. The van der Waals surface area contributed by atoms with Gasteiger partial charge in [0.15, 0.2) is 17.3 Å². The van der Waals surface area contributed by atoms with Crippen LogP contribution in [0.4, 0.5) is 0 Å². The van der Waals surface area contributed by atoms with Crippen LogP contribution in [0.25, 0.3) is 17.0 Å². The minimum Gasteiger partial charge on any atom is -0.493 e. The van der Waals surface area contributed by atoms with Crippen molar-refractivity contribution in [3.05, 3.63) is 95.2 Å². The first kappa shape index (κ1) is 22.9. The number of para-hydroxylation sites is 1. The van der Waals surface area contributed by atoms with Crippen molar-refractivity contribution in [2.45, 2.75) is 6.92 Å². The fraction of sp³-hybridized carbons (Fsp3) is 0.143. The normalized spacial score (nSPS) is 11.1. The summed E-state index contributed by atoms with van der Waals surface area (Å²) in [6.07, 6.45) is 4.96. The summed E-state index contributed by atoms with van der Waals surface area (Å²) < 4.78 is 17.7. The van der Waals surface area contributed by atoms with E-state index in [0.29, 0.717) is 28.4 Å². The average molecular weight is 456 g/mol. The van der Waals surface area contributed by atoms with E-state index in [1.807, 2.05) is 55.5 Å². The van der Waals surface area contributed by atoms with Gasteiger partial charge in [0, 0.05) is 28.3 Å². The highest BCUT2D eigenvalue weighted by molar-refractivity contribution is 6.10. The van der Waals surface area contributed by atoms with E-state index >= 15 is 0 Å². The lowest BCUT2D eigenvalue weighted by Gasteiger charge is -2.13. The fourth-order valence-corrected chi connectivity index (χ4v) is 3.93. The standard InChI is InChI=1S/C28H25NO5/c1-18-9-5-6-10-21(18)28(31)29-17-19(22-11-7-8-12-23(22)29)13-14-24(30)20-15-25(32-2)27(34-4)26(16-20)33-3/h5-17H,1-4H3/b14-13+. The first-order valence-electron chi connectivity index (χ1n) is 10.7. The first-order chi connectivity index (χ1) is 16.5. The third-order valence-corrected chi connectivity index (χ3v) is 5.70. The van der Waals surface area contributed by atoms with Crippen LogP contribution in [-0.4, -0.2) is 37.6 Å². The number of allylic oxidation sites excluding steroid dienone is 1. The van der Waals surface area contributed by atoms with Crippen molar-refractivity contribution in [3.63, 3.8) is 0 Å². The maximum absolute atomic E-state index is 13.3. The molecule has 1 aromatic heterocycles. The molecule has 0 aliphatic rings. The third kappa shape index (κ3) is 4.18. The largest absolute Gasteiger partial charge is 0.493 e. The van der Waals surface area contributed by atoms with E-state index in [4.69, 9.17) is 14.2 Å². The summed E-state index contributed by atoms with van der Waals surface area (Å²) in [5.74, 6) is 0.868. The number of hydrogen-bond acceptors (Lipinski definition) is 5. The van der Waals surface area contributed by atoms with Crippen LogP contribution in [0.1, 0.15) is 31.8 Å². The molecular formula is C28H25NO5. The van der Waals surface area contributed by atoms with Gasteiger partial charge in [-0.2, -0.15) is 0 Å². The maximum Gasteiger partial charge on any atom is 0.262 e. The van der Waals surface area contributed by atoms with E-state index in [0.717, 1.165) is 22.0 Å². The van der Waals surface area contributed by atoms with Gasteiger partial charge in [-0.15, -0.1) is 0 Å². The van der Waals surface area contributed by atoms with Gasteiger partial charge in [-0.05, 0) is 48.9 Å². The van der Waals surface area contributed by atoms with Gasteiger partial charge in [0.05, 0.1) is 26.8 Å². The second kappa shape index (κ2) is 9.67. The van der Waals surface area contributed by atoms with Crippen molar-refractivity contribution in [2.75, 3.05) is 21.3 Å². The summed E-state index contributed by atoms with van der Waals surface area (Å²) in [7, 11) is 4.51. The molecule has 0 aliphatic heterocycles. The van der Waals surface area contributed by atoms with Gasteiger partial charge in [0.25, 0.3) is 5.91 Å². The molecule has 172 valence electrons. The Balaban J connectivity index is 1.72. The summed E-state index contributed by atoms with van der Waals surface area (Å²) in [4.78, 5) is 26.3. The van der Waals surface area contributed by atoms with Gasteiger partial charge in [-0.1, -0.05) is 36.4 Å². The molecule has 0 bridgehead atoms. The lowest BCUT2D eigenvalue weighted by Crippen LogP contribution is -2.12. The third-order valence-electron chi connectivity index (χ3n) is 5.70. The van der Waals surface area contributed by atoms with Gasteiger partial charge in [-0.3, -0.25) is 14.2 Å². The minimum atomic E-state index is -0.235. The molecule has 0 saturated heterocycles. The zero-order valence-electron chi connectivity index (χ0n) is 19.5. The number of ketones is 1. The Labute approximate surface area is 198 Å². The van der Waals surface area contributed by atoms with Crippen LogP contribution < -0.4 is 14.2 Å². The molecule has 0 radical (unpaired) electrons. The minimum absolute atomic E-state index is 0.120. The molecule has 0 amide bonds. The zero-order chi connectivity index (χ0) is 24.2. The smallest absolute Gasteiger partial charge is 0.262 e. The van der Waals surface area contributed by atoms with Crippen LogP contribution in [0.3, 0.4) is 0 Å². The van der Waals surface area contributed by atoms with E-state index in [2.05, 4.69) is 0 Å². The van der Waals surface area contributed by atoms with Crippen LogP contribution in [0, 0.1) is 6.92 Å². The van der Waals surface area contributed by atoms with Crippen LogP contribution in [0.15, 0.2) is 72.9 Å². The van der Waals surface area contributed by atoms with Crippen molar-refractivity contribution in [1.82, 2.24) is 4.57 Å². The van der Waals surface area contributed by atoms with E-state index in [1.165, 1.54) is 27.4 Å². The second-order valence-corrected chi connectivity index (χ2v) is 7.70. The second-order valence-electron chi connectivity index (χ2n) is 7.70. The van der Waals surface area contributed by atoms with Crippen molar-refractivity contribution < 1.29 is 23.8 Å². The average Bonchev–Trinajstić information content (AvgIpc) is 3.24.